The fraction of sp³-hybridized carbons (Fsp3) is 0.231. The van der Waals surface area contributed by atoms with Crippen molar-refractivity contribution >= 4 is 40.1 Å². The maximum absolute atomic E-state index is 11.8. The Morgan fingerprint density at radius 1 is 1.33 bits per heavy atom. The zero-order valence-electron chi connectivity index (χ0n) is 9.91. The van der Waals surface area contributed by atoms with Gasteiger partial charge in [0.2, 0.25) is 0 Å². The van der Waals surface area contributed by atoms with Crippen LogP contribution in [0.5, 0.6) is 0 Å². The number of nitrogens with zero attached hydrogens (tertiary/aromatic N) is 1. The average Bonchev–Trinajstić information content (AvgIpc) is 2.29. The maximum atomic E-state index is 11.8. The molecule has 0 spiro atoms. The number of esters is 1. The first-order valence-electron chi connectivity index (χ1n) is 5.44. The second-order valence-electron chi connectivity index (χ2n) is 4.10. The molecular formula is C13H11Cl2NO2. The second-order valence-corrected chi connectivity index (χ2v) is 4.92. The highest BCUT2D eigenvalue weighted by Gasteiger charge is 2.16. The zero-order valence-corrected chi connectivity index (χ0v) is 11.4. The Bertz CT molecular complexity index is 611. The summed E-state index contributed by atoms with van der Waals surface area (Å²) < 4.78 is 5.10. The van der Waals surface area contributed by atoms with Gasteiger partial charge in [-0.05, 0) is 32.0 Å². The second kappa shape index (κ2) is 5.12. The molecule has 94 valence electrons. The Labute approximate surface area is 115 Å². The number of halogens is 2. The monoisotopic (exact) mass is 283 g/mol. The van der Waals surface area contributed by atoms with Crippen molar-refractivity contribution in [1.29, 1.82) is 0 Å². The number of pyridine rings is 1. The van der Waals surface area contributed by atoms with Gasteiger partial charge in [-0.2, -0.15) is 0 Å². The van der Waals surface area contributed by atoms with E-state index in [1.54, 1.807) is 32.0 Å². The zero-order chi connectivity index (χ0) is 13.3. The van der Waals surface area contributed by atoms with E-state index in [1.807, 2.05) is 0 Å². The van der Waals surface area contributed by atoms with Gasteiger partial charge in [0.25, 0.3) is 0 Å². The van der Waals surface area contributed by atoms with Crippen LogP contribution in [0, 0.1) is 0 Å². The molecule has 1 aromatic heterocycles. The molecule has 0 aliphatic heterocycles. The fourth-order valence-electron chi connectivity index (χ4n) is 1.55. The van der Waals surface area contributed by atoms with Gasteiger partial charge in [0.05, 0.1) is 22.2 Å². The molecule has 18 heavy (non-hydrogen) atoms. The normalized spacial score (nSPS) is 10.9. The molecule has 0 aliphatic carbocycles. The summed E-state index contributed by atoms with van der Waals surface area (Å²) in [5.74, 6) is -0.482. The summed E-state index contributed by atoms with van der Waals surface area (Å²) in [4.78, 5) is 16.0. The predicted molar refractivity (Wildman–Crippen MR) is 72.3 cm³/mol. The molecule has 0 atom stereocenters. The van der Waals surface area contributed by atoms with E-state index in [-0.39, 0.29) is 11.7 Å². The minimum absolute atomic E-state index is 0.205. The van der Waals surface area contributed by atoms with Gasteiger partial charge in [-0.25, -0.2) is 4.79 Å². The highest BCUT2D eigenvalue weighted by Crippen LogP contribution is 2.28. The number of aromatic nitrogens is 1. The summed E-state index contributed by atoms with van der Waals surface area (Å²) in [6, 6.07) is 5.15. The van der Waals surface area contributed by atoms with E-state index in [2.05, 4.69) is 4.98 Å². The number of carbonyl (C=O) groups is 1. The van der Waals surface area contributed by atoms with Crippen molar-refractivity contribution in [3.63, 3.8) is 0 Å². The Morgan fingerprint density at radius 3 is 2.72 bits per heavy atom. The van der Waals surface area contributed by atoms with Crippen LogP contribution in [0.25, 0.3) is 10.9 Å². The van der Waals surface area contributed by atoms with Crippen molar-refractivity contribution in [2.24, 2.45) is 0 Å². The molecule has 0 saturated carbocycles. The van der Waals surface area contributed by atoms with Crippen molar-refractivity contribution in [3.05, 3.63) is 40.0 Å². The summed E-state index contributed by atoms with van der Waals surface area (Å²) in [6.45, 7) is 3.55. The van der Waals surface area contributed by atoms with Crippen molar-refractivity contribution < 1.29 is 9.53 Å². The van der Waals surface area contributed by atoms with Crippen LogP contribution in [0.1, 0.15) is 24.2 Å². The standard InChI is InChI=1S/C13H11Cl2NO2/c1-7(2)18-13(17)10-6-16-11-4-3-8(14)5-9(11)12(10)15/h3-7H,1-2H3. The molecule has 1 aromatic carbocycles. The third-order valence-electron chi connectivity index (χ3n) is 2.33. The Kier molecular flexibility index (Phi) is 3.73. The van der Waals surface area contributed by atoms with Crippen LogP contribution in [0.2, 0.25) is 10.0 Å². The summed E-state index contributed by atoms with van der Waals surface area (Å²) >= 11 is 12.1. The first-order valence-corrected chi connectivity index (χ1v) is 6.19. The van der Waals surface area contributed by atoms with Crippen molar-refractivity contribution in [2.75, 3.05) is 0 Å². The lowest BCUT2D eigenvalue weighted by atomic mass is 10.1. The van der Waals surface area contributed by atoms with Crippen LogP contribution >= 0.6 is 23.2 Å². The molecule has 5 heteroatoms. The first kappa shape index (κ1) is 13.1. The van der Waals surface area contributed by atoms with Gasteiger partial charge in [-0.3, -0.25) is 4.98 Å². The summed E-state index contributed by atoms with van der Waals surface area (Å²) in [6.07, 6.45) is 1.21. The maximum Gasteiger partial charge on any atom is 0.341 e. The molecule has 0 radical (unpaired) electrons. The van der Waals surface area contributed by atoms with Crippen molar-refractivity contribution in [3.8, 4) is 0 Å². The van der Waals surface area contributed by atoms with Gasteiger partial charge in [0.15, 0.2) is 0 Å². The molecule has 0 bridgehead atoms. The molecule has 0 aliphatic rings. The van der Waals surface area contributed by atoms with E-state index < -0.39 is 5.97 Å². The average molecular weight is 284 g/mol. The highest BCUT2D eigenvalue weighted by atomic mass is 35.5. The highest BCUT2D eigenvalue weighted by molar-refractivity contribution is 6.39. The summed E-state index contributed by atoms with van der Waals surface area (Å²) in [7, 11) is 0. The number of ether oxygens (including phenoxy) is 1. The largest absolute Gasteiger partial charge is 0.459 e. The van der Waals surface area contributed by atoms with E-state index in [9.17, 15) is 4.79 Å². The number of benzene rings is 1. The van der Waals surface area contributed by atoms with Crippen LogP contribution in [-0.2, 0) is 4.74 Å². The van der Waals surface area contributed by atoms with Crippen LogP contribution in [0.15, 0.2) is 24.4 Å². The first-order chi connectivity index (χ1) is 8.49. The molecule has 3 nitrogen and oxygen atoms in total. The van der Waals surface area contributed by atoms with E-state index in [0.29, 0.717) is 20.9 Å². The predicted octanol–water partition coefficient (Wildman–Crippen LogP) is 4.11. The topological polar surface area (TPSA) is 39.2 Å². The number of carbonyl (C=O) groups excluding carboxylic acids is 1. The summed E-state index contributed by atoms with van der Waals surface area (Å²) in [5, 5.41) is 1.50. The number of hydrogen-bond donors (Lipinski definition) is 0. The smallest absolute Gasteiger partial charge is 0.341 e. The quantitative estimate of drug-likeness (QED) is 0.779. The van der Waals surface area contributed by atoms with Crippen molar-refractivity contribution in [1.82, 2.24) is 4.98 Å². The van der Waals surface area contributed by atoms with E-state index in [0.717, 1.165) is 0 Å². The van der Waals surface area contributed by atoms with E-state index in [1.165, 1.54) is 6.20 Å². The number of rotatable bonds is 2. The van der Waals surface area contributed by atoms with Gasteiger partial charge in [-0.1, -0.05) is 23.2 Å². The molecule has 0 fully saturated rings. The molecule has 0 unspecified atom stereocenters. The van der Waals surface area contributed by atoms with Crippen molar-refractivity contribution in [2.45, 2.75) is 20.0 Å². The van der Waals surface area contributed by atoms with Gasteiger partial charge in [-0.15, -0.1) is 0 Å². The van der Waals surface area contributed by atoms with E-state index in [4.69, 9.17) is 27.9 Å². The fourth-order valence-corrected chi connectivity index (χ4v) is 2.00. The third kappa shape index (κ3) is 2.57. The minimum atomic E-state index is -0.482. The van der Waals surface area contributed by atoms with Crippen LogP contribution in [0.3, 0.4) is 0 Å². The Hall–Kier alpha value is -1.32. The molecule has 1 heterocycles. The molecule has 2 rings (SSSR count). The minimum Gasteiger partial charge on any atom is -0.459 e. The lowest BCUT2D eigenvalue weighted by molar-refractivity contribution is 0.0378. The molecular weight excluding hydrogens is 273 g/mol. The molecule has 0 amide bonds. The number of hydrogen-bond acceptors (Lipinski definition) is 3. The van der Waals surface area contributed by atoms with Gasteiger partial charge in [0.1, 0.15) is 0 Å². The van der Waals surface area contributed by atoms with Gasteiger partial charge >= 0.3 is 5.97 Å². The van der Waals surface area contributed by atoms with Crippen LogP contribution < -0.4 is 0 Å². The van der Waals surface area contributed by atoms with Gasteiger partial charge in [0, 0.05) is 16.6 Å². The van der Waals surface area contributed by atoms with Gasteiger partial charge < -0.3 is 4.74 Å². The van der Waals surface area contributed by atoms with Crippen LogP contribution in [-0.4, -0.2) is 17.1 Å². The molecule has 2 aromatic rings. The number of fused-ring (bicyclic) bond motifs is 1. The SMILES string of the molecule is CC(C)OC(=O)c1cnc2ccc(Cl)cc2c1Cl. The lowest BCUT2D eigenvalue weighted by Gasteiger charge is -2.10. The van der Waals surface area contributed by atoms with E-state index >= 15 is 0 Å². The lowest BCUT2D eigenvalue weighted by Crippen LogP contribution is -2.12. The third-order valence-corrected chi connectivity index (χ3v) is 2.97. The molecule has 0 saturated heterocycles. The van der Waals surface area contributed by atoms with Crippen LogP contribution in [0.4, 0.5) is 0 Å². The Morgan fingerprint density at radius 2 is 2.06 bits per heavy atom. The molecule has 0 N–H and O–H groups in total. The Balaban J connectivity index is 2.53. The summed E-state index contributed by atoms with van der Waals surface area (Å²) in [5.41, 5.74) is 0.936.